The minimum atomic E-state index is -0.571. The van der Waals surface area contributed by atoms with Gasteiger partial charge >= 0.3 is 0 Å². The van der Waals surface area contributed by atoms with Crippen LogP contribution in [-0.2, 0) is 9.59 Å². The maximum absolute atomic E-state index is 14.0. The second-order valence-corrected chi connectivity index (χ2v) is 6.02. The molecule has 3 rings (SSSR count). The fraction of sp³-hybridized carbons (Fsp3) is 0.0909. The predicted octanol–water partition coefficient (Wildman–Crippen LogP) is 4.61. The summed E-state index contributed by atoms with van der Waals surface area (Å²) in [6, 6.07) is 21.9. The Morgan fingerprint density at radius 3 is 2.29 bits per heavy atom. The van der Waals surface area contributed by atoms with Crippen molar-refractivity contribution in [3.8, 4) is 11.5 Å². The summed E-state index contributed by atoms with van der Waals surface area (Å²) in [6.07, 6.45) is 0. The van der Waals surface area contributed by atoms with E-state index in [1.54, 1.807) is 42.5 Å². The Morgan fingerprint density at radius 2 is 1.57 bits per heavy atom. The van der Waals surface area contributed by atoms with Gasteiger partial charge in [-0.3, -0.25) is 9.59 Å². The molecule has 0 aliphatic carbocycles. The van der Waals surface area contributed by atoms with Gasteiger partial charge in [0.15, 0.2) is 5.75 Å². The van der Waals surface area contributed by atoms with Crippen LogP contribution in [0.5, 0.6) is 11.5 Å². The Morgan fingerprint density at radius 1 is 0.929 bits per heavy atom. The molecular weight excluding hydrogens is 359 g/mol. The summed E-state index contributed by atoms with van der Waals surface area (Å²) in [4.78, 5) is 25.6. The Labute approximate surface area is 162 Å². The number of halogens is 1. The molecule has 1 N–H and O–H groups in total. The number of carbonyl (C=O) groups excluding carboxylic acids is 2. The molecule has 0 aromatic heterocycles. The van der Waals surface area contributed by atoms with E-state index in [0.717, 1.165) is 4.90 Å². The van der Waals surface area contributed by atoms with Crippen LogP contribution in [0.3, 0.4) is 0 Å². The molecule has 2 amide bonds. The second-order valence-electron chi connectivity index (χ2n) is 6.02. The van der Waals surface area contributed by atoms with Gasteiger partial charge in [0.25, 0.3) is 0 Å². The first-order chi connectivity index (χ1) is 13.5. The molecule has 5 nitrogen and oxygen atoms in total. The highest BCUT2D eigenvalue weighted by Crippen LogP contribution is 2.29. The van der Waals surface area contributed by atoms with Gasteiger partial charge in [0.2, 0.25) is 11.8 Å². The lowest BCUT2D eigenvalue weighted by Crippen LogP contribution is -2.37. The molecule has 0 unspecified atom stereocenters. The fourth-order valence-corrected chi connectivity index (χ4v) is 2.64. The molecule has 3 aromatic carbocycles. The molecule has 0 radical (unpaired) electrons. The highest BCUT2D eigenvalue weighted by Gasteiger charge is 2.19. The monoisotopic (exact) mass is 378 g/mol. The third-order valence-electron chi connectivity index (χ3n) is 3.96. The van der Waals surface area contributed by atoms with Gasteiger partial charge in [0, 0.05) is 6.92 Å². The highest BCUT2D eigenvalue weighted by molar-refractivity contribution is 6.02. The van der Waals surface area contributed by atoms with E-state index in [9.17, 15) is 14.0 Å². The van der Waals surface area contributed by atoms with Gasteiger partial charge in [-0.15, -0.1) is 0 Å². The van der Waals surface area contributed by atoms with Crippen LogP contribution in [0.4, 0.5) is 15.8 Å². The summed E-state index contributed by atoms with van der Waals surface area (Å²) < 4.78 is 19.8. The standard InChI is InChI=1S/C22H19FN2O3/c1-16(26)25(20-13-7-5-11-18(20)23)15-22(27)24-19-12-6-8-14-21(19)28-17-9-3-2-4-10-17/h2-14H,15H2,1H3,(H,24,27). The van der Waals surface area contributed by atoms with Crippen molar-refractivity contribution in [2.24, 2.45) is 0 Å². The van der Waals surface area contributed by atoms with Gasteiger partial charge in [-0.05, 0) is 36.4 Å². The topological polar surface area (TPSA) is 58.6 Å². The quantitative estimate of drug-likeness (QED) is 0.681. The van der Waals surface area contributed by atoms with Crippen LogP contribution in [0.2, 0.25) is 0 Å². The van der Waals surface area contributed by atoms with Gasteiger partial charge in [-0.25, -0.2) is 4.39 Å². The molecule has 0 fully saturated rings. The Balaban J connectivity index is 1.76. The van der Waals surface area contributed by atoms with E-state index in [2.05, 4.69) is 5.32 Å². The number of benzene rings is 3. The summed E-state index contributed by atoms with van der Waals surface area (Å²) in [7, 11) is 0. The van der Waals surface area contributed by atoms with Crippen molar-refractivity contribution in [1.29, 1.82) is 0 Å². The molecule has 0 aliphatic heterocycles. The number of carbonyl (C=O) groups is 2. The zero-order chi connectivity index (χ0) is 19.9. The van der Waals surface area contributed by atoms with Crippen molar-refractivity contribution in [2.45, 2.75) is 6.92 Å². The number of rotatable bonds is 6. The number of hydrogen-bond acceptors (Lipinski definition) is 3. The first-order valence-electron chi connectivity index (χ1n) is 8.69. The smallest absolute Gasteiger partial charge is 0.244 e. The average molecular weight is 378 g/mol. The van der Waals surface area contributed by atoms with Crippen LogP contribution in [-0.4, -0.2) is 18.4 Å². The van der Waals surface area contributed by atoms with Gasteiger partial charge in [0.05, 0.1) is 11.4 Å². The van der Waals surface area contributed by atoms with E-state index in [1.165, 1.54) is 25.1 Å². The maximum atomic E-state index is 14.0. The molecule has 0 atom stereocenters. The number of nitrogens with one attached hydrogen (secondary N) is 1. The molecule has 0 spiro atoms. The molecule has 0 saturated heterocycles. The Kier molecular flexibility index (Phi) is 6.01. The van der Waals surface area contributed by atoms with Gasteiger partial charge in [0.1, 0.15) is 18.1 Å². The zero-order valence-electron chi connectivity index (χ0n) is 15.3. The zero-order valence-corrected chi connectivity index (χ0v) is 15.3. The van der Waals surface area contributed by atoms with E-state index in [0.29, 0.717) is 17.2 Å². The van der Waals surface area contributed by atoms with Crippen molar-refractivity contribution in [2.75, 3.05) is 16.8 Å². The Bertz CT molecular complexity index is 976. The van der Waals surface area contributed by atoms with Crippen LogP contribution in [0.1, 0.15) is 6.92 Å². The van der Waals surface area contributed by atoms with E-state index in [4.69, 9.17) is 4.74 Å². The number of anilines is 2. The molecule has 0 saturated carbocycles. The summed E-state index contributed by atoms with van der Waals surface area (Å²) >= 11 is 0. The fourth-order valence-electron chi connectivity index (χ4n) is 2.64. The number of ether oxygens (including phenoxy) is 1. The minimum absolute atomic E-state index is 0.0546. The van der Waals surface area contributed by atoms with Crippen molar-refractivity contribution >= 4 is 23.2 Å². The van der Waals surface area contributed by atoms with E-state index in [1.807, 2.05) is 18.2 Å². The van der Waals surface area contributed by atoms with Crippen LogP contribution in [0.25, 0.3) is 0 Å². The normalized spacial score (nSPS) is 10.2. The highest BCUT2D eigenvalue weighted by atomic mass is 19.1. The Hall–Kier alpha value is -3.67. The third-order valence-corrected chi connectivity index (χ3v) is 3.96. The molecule has 0 aliphatic rings. The summed E-state index contributed by atoms with van der Waals surface area (Å²) in [5.74, 6) is -0.391. The molecule has 28 heavy (non-hydrogen) atoms. The first-order valence-corrected chi connectivity index (χ1v) is 8.69. The van der Waals surface area contributed by atoms with Crippen LogP contribution in [0.15, 0.2) is 78.9 Å². The third kappa shape index (κ3) is 4.73. The molecule has 0 bridgehead atoms. The van der Waals surface area contributed by atoms with Crippen molar-refractivity contribution < 1.29 is 18.7 Å². The largest absolute Gasteiger partial charge is 0.455 e. The lowest BCUT2D eigenvalue weighted by atomic mass is 10.2. The van der Waals surface area contributed by atoms with Crippen LogP contribution >= 0.6 is 0 Å². The summed E-state index contributed by atoms with van der Waals surface area (Å²) in [5.41, 5.74) is 0.507. The summed E-state index contributed by atoms with van der Waals surface area (Å²) in [5, 5.41) is 2.73. The van der Waals surface area contributed by atoms with Crippen molar-refractivity contribution in [3.63, 3.8) is 0 Å². The van der Waals surface area contributed by atoms with Gasteiger partial charge < -0.3 is 15.0 Å². The molecule has 3 aromatic rings. The van der Waals surface area contributed by atoms with Crippen LogP contribution in [0, 0.1) is 5.82 Å². The van der Waals surface area contributed by atoms with Gasteiger partial charge in [-0.2, -0.15) is 0 Å². The van der Waals surface area contributed by atoms with Crippen molar-refractivity contribution in [1.82, 2.24) is 0 Å². The minimum Gasteiger partial charge on any atom is -0.455 e. The number of para-hydroxylation sites is 4. The number of amides is 2. The SMILES string of the molecule is CC(=O)N(CC(=O)Nc1ccccc1Oc1ccccc1)c1ccccc1F. The number of hydrogen-bond donors (Lipinski definition) is 1. The van der Waals surface area contributed by atoms with Crippen LogP contribution < -0.4 is 15.0 Å². The first kappa shape index (κ1) is 19.1. The number of nitrogens with zero attached hydrogens (tertiary/aromatic N) is 1. The van der Waals surface area contributed by atoms with Crippen molar-refractivity contribution in [3.05, 3.63) is 84.7 Å². The average Bonchev–Trinajstić information content (AvgIpc) is 2.69. The second kappa shape index (κ2) is 8.81. The van der Waals surface area contributed by atoms with E-state index < -0.39 is 17.6 Å². The van der Waals surface area contributed by atoms with E-state index >= 15 is 0 Å². The predicted molar refractivity (Wildman–Crippen MR) is 106 cm³/mol. The van der Waals surface area contributed by atoms with Gasteiger partial charge in [-0.1, -0.05) is 42.5 Å². The lowest BCUT2D eigenvalue weighted by Gasteiger charge is -2.21. The van der Waals surface area contributed by atoms with E-state index in [-0.39, 0.29) is 12.2 Å². The molecule has 0 heterocycles. The molecule has 142 valence electrons. The maximum Gasteiger partial charge on any atom is 0.244 e. The summed E-state index contributed by atoms with van der Waals surface area (Å²) in [6.45, 7) is 0.960. The molecule has 6 heteroatoms. The molecular formula is C22H19FN2O3. The lowest BCUT2D eigenvalue weighted by molar-refractivity contribution is -0.120.